The van der Waals surface area contributed by atoms with Crippen molar-refractivity contribution >= 4 is 17.5 Å². The number of rotatable bonds is 7. The molecule has 2 N–H and O–H groups in total. The van der Waals surface area contributed by atoms with Crippen LogP contribution in [-0.2, 0) is 26.9 Å². The number of carbonyl (C=O) groups is 2. The molecule has 1 atom stereocenters. The van der Waals surface area contributed by atoms with Crippen molar-refractivity contribution in [1.29, 1.82) is 0 Å². The lowest BCUT2D eigenvalue weighted by Crippen LogP contribution is -2.35. The molecule has 3 rings (SSSR count). The number of fused-ring (bicyclic) bond motifs is 1. The van der Waals surface area contributed by atoms with E-state index in [1.807, 2.05) is 0 Å². The molecule has 30 heavy (non-hydrogen) atoms. The topological polar surface area (TPSA) is 76.7 Å². The van der Waals surface area contributed by atoms with Crippen LogP contribution in [0.15, 0.2) is 42.5 Å². The number of aryl methyl sites for hydroxylation is 1. The second kappa shape index (κ2) is 9.17. The van der Waals surface area contributed by atoms with Crippen molar-refractivity contribution in [2.24, 2.45) is 0 Å². The molecule has 2 amide bonds. The van der Waals surface area contributed by atoms with Gasteiger partial charge in [-0.05, 0) is 47.9 Å². The average molecular weight is 422 g/mol. The Balaban J connectivity index is 1.63. The van der Waals surface area contributed by atoms with Crippen molar-refractivity contribution < 1.29 is 32.2 Å². The molecule has 160 valence electrons. The Bertz CT molecular complexity index is 931. The Morgan fingerprint density at radius 2 is 2.00 bits per heavy atom. The SMILES string of the molecule is COCC(NC(=O)COc1ccc2c(c1)CCC(=O)N2)c1cccc(C(F)(F)F)c1. The number of anilines is 1. The Labute approximate surface area is 171 Å². The van der Waals surface area contributed by atoms with Gasteiger partial charge < -0.3 is 20.1 Å². The Hall–Kier alpha value is -3.07. The summed E-state index contributed by atoms with van der Waals surface area (Å²) in [5.74, 6) is -0.0859. The number of ether oxygens (including phenoxy) is 2. The third-order valence-corrected chi connectivity index (χ3v) is 4.63. The van der Waals surface area contributed by atoms with E-state index in [2.05, 4.69) is 10.6 Å². The number of benzene rings is 2. The molecule has 1 aliphatic rings. The molecule has 0 saturated carbocycles. The first-order valence-electron chi connectivity index (χ1n) is 9.27. The third kappa shape index (κ3) is 5.50. The van der Waals surface area contributed by atoms with Gasteiger partial charge in [0.05, 0.1) is 18.2 Å². The first kappa shape index (κ1) is 21.6. The van der Waals surface area contributed by atoms with E-state index in [-0.39, 0.29) is 24.7 Å². The molecule has 2 aromatic carbocycles. The minimum Gasteiger partial charge on any atom is -0.484 e. The summed E-state index contributed by atoms with van der Waals surface area (Å²) in [6.07, 6.45) is -3.52. The number of hydrogen-bond donors (Lipinski definition) is 2. The molecule has 0 spiro atoms. The molecule has 0 radical (unpaired) electrons. The molecule has 1 heterocycles. The van der Waals surface area contributed by atoms with Gasteiger partial charge in [-0.1, -0.05) is 12.1 Å². The monoisotopic (exact) mass is 422 g/mol. The zero-order valence-corrected chi connectivity index (χ0v) is 16.2. The van der Waals surface area contributed by atoms with Crippen LogP contribution in [0.3, 0.4) is 0 Å². The number of amides is 2. The van der Waals surface area contributed by atoms with E-state index in [1.54, 1.807) is 18.2 Å². The lowest BCUT2D eigenvalue weighted by Gasteiger charge is -2.20. The van der Waals surface area contributed by atoms with Gasteiger partial charge >= 0.3 is 6.18 Å². The summed E-state index contributed by atoms with van der Waals surface area (Å²) in [5.41, 5.74) is 1.11. The normalized spacial score (nSPS) is 14.5. The molecule has 1 aliphatic heterocycles. The number of methoxy groups -OCH3 is 1. The number of halogens is 3. The highest BCUT2D eigenvalue weighted by Gasteiger charge is 2.31. The number of nitrogens with one attached hydrogen (secondary N) is 2. The van der Waals surface area contributed by atoms with Gasteiger partial charge in [-0.25, -0.2) is 0 Å². The van der Waals surface area contributed by atoms with Gasteiger partial charge in [0.15, 0.2) is 6.61 Å². The van der Waals surface area contributed by atoms with Crippen LogP contribution in [0.1, 0.15) is 29.2 Å². The van der Waals surface area contributed by atoms with Gasteiger partial charge in [-0.2, -0.15) is 13.2 Å². The van der Waals surface area contributed by atoms with Crippen LogP contribution in [0.2, 0.25) is 0 Å². The van der Waals surface area contributed by atoms with E-state index in [1.165, 1.54) is 19.2 Å². The molecule has 9 heteroatoms. The van der Waals surface area contributed by atoms with Crippen molar-refractivity contribution in [3.63, 3.8) is 0 Å². The predicted octanol–water partition coefficient (Wildman–Crippen LogP) is 3.47. The van der Waals surface area contributed by atoms with E-state index < -0.39 is 23.7 Å². The first-order chi connectivity index (χ1) is 14.3. The maximum Gasteiger partial charge on any atom is 0.416 e. The Morgan fingerprint density at radius 3 is 2.73 bits per heavy atom. The fourth-order valence-corrected chi connectivity index (χ4v) is 3.15. The summed E-state index contributed by atoms with van der Waals surface area (Å²) in [7, 11) is 1.40. The van der Waals surface area contributed by atoms with Gasteiger partial charge in [-0.15, -0.1) is 0 Å². The molecular weight excluding hydrogens is 401 g/mol. The largest absolute Gasteiger partial charge is 0.484 e. The zero-order valence-electron chi connectivity index (χ0n) is 16.2. The van der Waals surface area contributed by atoms with Crippen LogP contribution in [0, 0.1) is 0 Å². The first-order valence-corrected chi connectivity index (χ1v) is 9.27. The van der Waals surface area contributed by atoms with E-state index in [0.29, 0.717) is 24.3 Å². The van der Waals surface area contributed by atoms with Crippen LogP contribution in [-0.4, -0.2) is 32.1 Å². The van der Waals surface area contributed by atoms with Crippen LogP contribution >= 0.6 is 0 Å². The summed E-state index contributed by atoms with van der Waals surface area (Å²) < 4.78 is 49.5. The van der Waals surface area contributed by atoms with Gasteiger partial charge in [0, 0.05) is 19.2 Å². The van der Waals surface area contributed by atoms with Crippen molar-refractivity contribution in [2.45, 2.75) is 25.1 Å². The Morgan fingerprint density at radius 1 is 1.20 bits per heavy atom. The van der Waals surface area contributed by atoms with E-state index in [0.717, 1.165) is 17.7 Å². The summed E-state index contributed by atoms with van der Waals surface area (Å²) >= 11 is 0. The summed E-state index contributed by atoms with van der Waals surface area (Å²) in [6.45, 7) is -0.310. The van der Waals surface area contributed by atoms with Crippen LogP contribution in [0.25, 0.3) is 0 Å². The molecule has 1 unspecified atom stereocenters. The molecule has 6 nitrogen and oxygen atoms in total. The lowest BCUT2D eigenvalue weighted by atomic mass is 10.0. The second-order valence-corrected chi connectivity index (χ2v) is 6.85. The molecule has 0 aromatic heterocycles. The summed E-state index contributed by atoms with van der Waals surface area (Å²) in [4.78, 5) is 23.7. The molecule has 2 aromatic rings. The average Bonchev–Trinajstić information content (AvgIpc) is 2.71. The number of carbonyl (C=O) groups excluding carboxylic acids is 2. The number of hydrogen-bond acceptors (Lipinski definition) is 4. The maximum absolute atomic E-state index is 13.0. The molecule has 0 aliphatic carbocycles. The zero-order chi connectivity index (χ0) is 21.7. The van der Waals surface area contributed by atoms with E-state index in [9.17, 15) is 22.8 Å². The van der Waals surface area contributed by atoms with Crippen molar-refractivity contribution in [1.82, 2.24) is 5.32 Å². The van der Waals surface area contributed by atoms with Crippen molar-refractivity contribution in [3.8, 4) is 5.75 Å². The van der Waals surface area contributed by atoms with Crippen LogP contribution < -0.4 is 15.4 Å². The van der Waals surface area contributed by atoms with Gasteiger partial charge in [0.2, 0.25) is 5.91 Å². The molecule has 0 fully saturated rings. The summed E-state index contributed by atoms with van der Waals surface area (Å²) in [5, 5.41) is 5.40. The molecule has 0 saturated heterocycles. The number of alkyl halides is 3. The van der Waals surface area contributed by atoms with Crippen molar-refractivity contribution in [2.75, 3.05) is 25.6 Å². The lowest BCUT2D eigenvalue weighted by molar-refractivity contribution is -0.137. The van der Waals surface area contributed by atoms with Crippen LogP contribution in [0.4, 0.5) is 18.9 Å². The highest BCUT2D eigenvalue weighted by molar-refractivity contribution is 5.94. The van der Waals surface area contributed by atoms with Gasteiger partial charge in [0.1, 0.15) is 5.75 Å². The van der Waals surface area contributed by atoms with Gasteiger partial charge in [0.25, 0.3) is 5.91 Å². The molecule has 0 bridgehead atoms. The van der Waals surface area contributed by atoms with E-state index >= 15 is 0 Å². The fraction of sp³-hybridized carbons (Fsp3) is 0.333. The summed E-state index contributed by atoms with van der Waals surface area (Å²) in [6, 6.07) is 9.08. The van der Waals surface area contributed by atoms with Gasteiger partial charge in [-0.3, -0.25) is 9.59 Å². The third-order valence-electron chi connectivity index (χ3n) is 4.63. The molecular formula is C21H21F3N2O4. The minimum atomic E-state index is -4.48. The standard InChI is InChI=1S/C21H21F3N2O4/c1-29-11-18(13-3-2-4-15(9-13)21(22,23)24)26-20(28)12-30-16-6-7-17-14(10-16)5-8-19(27)25-17/h2-4,6-7,9-10,18H,5,8,11-12H2,1H3,(H,25,27)(H,26,28). The van der Waals surface area contributed by atoms with Crippen molar-refractivity contribution in [3.05, 3.63) is 59.2 Å². The van der Waals surface area contributed by atoms with Crippen LogP contribution in [0.5, 0.6) is 5.75 Å². The highest BCUT2D eigenvalue weighted by Crippen LogP contribution is 2.31. The van der Waals surface area contributed by atoms with E-state index in [4.69, 9.17) is 9.47 Å². The Kier molecular flexibility index (Phi) is 6.61. The smallest absolute Gasteiger partial charge is 0.416 e. The quantitative estimate of drug-likeness (QED) is 0.717. The maximum atomic E-state index is 13.0. The minimum absolute atomic E-state index is 0.00555. The predicted molar refractivity (Wildman–Crippen MR) is 103 cm³/mol. The fourth-order valence-electron chi connectivity index (χ4n) is 3.15. The highest BCUT2D eigenvalue weighted by atomic mass is 19.4. The second-order valence-electron chi connectivity index (χ2n) is 6.85.